The Morgan fingerprint density at radius 1 is 1.00 bits per heavy atom. The first-order valence-corrected chi connectivity index (χ1v) is 7.53. The van der Waals surface area contributed by atoms with Gasteiger partial charge in [0.15, 0.2) is 0 Å². The fourth-order valence-electron chi connectivity index (χ4n) is 1.85. The molecule has 0 saturated heterocycles. The predicted octanol–water partition coefficient (Wildman–Crippen LogP) is 3.12. The number of carbonyl (C=O) groups is 2. The summed E-state index contributed by atoms with van der Waals surface area (Å²) in [5, 5.41) is 0. The van der Waals surface area contributed by atoms with Crippen molar-refractivity contribution in [2.24, 2.45) is 0 Å². The second kappa shape index (κ2) is 7.82. The molecule has 0 atom stereocenters. The molecule has 0 radical (unpaired) electrons. The van der Waals surface area contributed by atoms with Crippen molar-refractivity contribution >= 4 is 27.7 Å². The Bertz CT molecular complexity index is 721. The molecule has 0 fully saturated rings. The Balaban J connectivity index is 1.82. The third-order valence-corrected chi connectivity index (χ3v) is 3.58. The quantitative estimate of drug-likeness (QED) is 0.798. The van der Waals surface area contributed by atoms with Gasteiger partial charge in [0.2, 0.25) is 5.91 Å². The van der Waals surface area contributed by atoms with Gasteiger partial charge in [0.05, 0.1) is 0 Å². The lowest BCUT2D eigenvalue weighted by Crippen LogP contribution is -2.41. The fourth-order valence-corrected chi connectivity index (χ4v) is 2.11. The smallest absolute Gasteiger partial charge is 0.269 e. The molecule has 2 rings (SSSR count). The van der Waals surface area contributed by atoms with Crippen LogP contribution in [0.1, 0.15) is 22.3 Å². The van der Waals surface area contributed by atoms with Gasteiger partial charge in [-0.25, -0.2) is 8.78 Å². The lowest BCUT2D eigenvalue weighted by Gasteiger charge is -2.08. The van der Waals surface area contributed by atoms with Crippen LogP contribution in [0.25, 0.3) is 0 Å². The molecule has 7 heteroatoms. The van der Waals surface area contributed by atoms with Gasteiger partial charge in [-0.1, -0.05) is 15.9 Å². The van der Waals surface area contributed by atoms with Crippen molar-refractivity contribution in [2.45, 2.75) is 12.8 Å². The molecule has 2 aromatic rings. The van der Waals surface area contributed by atoms with Crippen LogP contribution in [-0.2, 0) is 11.2 Å². The third-order valence-electron chi connectivity index (χ3n) is 3.05. The van der Waals surface area contributed by atoms with Gasteiger partial charge < -0.3 is 0 Å². The molecule has 0 aliphatic rings. The predicted molar refractivity (Wildman–Crippen MR) is 84.4 cm³/mol. The first kappa shape index (κ1) is 17.1. The molecule has 0 saturated carbocycles. The molecule has 2 aromatic carbocycles. The normalized spacial score (nSPS) is 10.2. The molecule has 4 nitrogen and oxygen atoms in total. The summed E-state index contributed by atoms with van der Waals surface area (Å²) in [6, 6.07) is 9.65. The van der Waals surface area contributed by atoms with E-state index in [1.54, 1.807) is 24.3 Å². The van der Waals surface area contributed by atoms with Gasteiger partial charge in [0.25, 0.3) is 5.91 Å². The number of hydrogen-bond acceptors (Lipinski definition) is 2. The van der Waals surface area contributed by atoms with Gasteiger partial charge in [0.1, 0.15) is 11.6 Å². The minimum Gasteiger partial charge on any atom is -0.273 e. The molecule has 0 spiro atoms. The van der Waals surface area contributed by atoms with Gasteiger partial charge >= 0.3 is 0 Å². The number of hydrazine groups is 1. The molecule has 23 heavy (non-hydrogen) atoms. The molecule has 2 N–H and O–H groups in total. The van der Waals surface area contributed by atoms with E-state index in [0.29, 0.717) is 5.56 Å². The minimum atomic E-state index is -0.571. The standard InChI is InChI=1S/C16H13BrF2N2O2/c17-12-4-1-10(2-5-12)16(23)21-20-15(22)8-3-11-9-13(18)6-7-14(11)19/h1-2,4-7,9H,3,8H2,(H,20,22)(H,21,23). The second-order valence-corrected chi connectivity index (χ2v) is 5.66. The van der Waals surface area contributed by atoms with Crippen molar-refractivity contribution in [1.82, 2.24) is 10.9 Å². The van der Waals surface area contributed by atoms with Crippen LogP contribution in [0.2, 0.25) is 0 Å². The number of benzene rings is 2. The highest BCUT2D eigenvalue weighted by atomic mass is 79.9. The lowest BCUT2D eigenvalue weighted by atomic mass is 10.1. The first-order chi connectivity index (χ1) is 11.0. The SMILES string of the molecule is O=C(CCc1cc(F)ccc1F)NNC(=O)c1ccc(Br)cc1. The summed E-state index contributed by atoms with van der Waals surface area (Å²) < 4.78 is 27.3. The third kappa shape index (κ3) is 5.14. The van der Waals surface area contributed by atoms with Gasteiger partial charge in [-0.2, -0.15) is 0 Å². The summed E-state index contributed by atoms with van der Waals surface area (Å²) in [5.41, 5.74) is 4.98. The number of nitrogens with one attached hydrogen (secondary N) is 2. The van der Waals surface area contributed by atoms with Gasteiger partial charge in [-0.3, -0.25) is 20.4 Å². The number of hydrogen-bond donors (Lipinski definition) is 2. The van der Waals surface area contributed by atoms with Gasteiger partial charge in [-0.15, -0.1) is 0 Å². The highest BCUT2D eigenvalue weighted by Crippen LogP contribution is 2.12. The van der Waals surface area contributed by atoms with E-state index in [2.05, 4.69) is 26.8 Å². The Labute approximate surface area is 140 Å². The van der Waals surface area contributed by atoms with E-state index >= 15 is 0 Å². The van der Waals surface area contributed by atoms with E-state index in [9.17, 15) is 18.4 Å². The average Bonchev–Trinajstić information content (AvgIpc) is 2.54. The number of halogens is 3. The zero-order valence-electron chi connectivity index (χ0n) is 11.9. The van der Waals surface area contributed by atoms with Crippen LogP contribution in [0.3, 0.4) is 0 Å². The van der Waals surface area contributed by atoms with Crippen LogP contribution in [0.4, 0.5) is 8.78 Å². The summed E-state index contributed by atoms with van der Waals surface area (Å²) in [6.07, 6.45) is -0.0510. The topological polar surface area (TPSA) is 58.2 Å². The van der Waals surface area contributed by atoms with Crippen molar-refractivity contribution in [3.63, 3.8) is 0 Å². The number of rotatable bonds is 4. The molecular weight excluding hydrogens is 370 g/mol. The van der Waals surface area contributed by atoms with Crippen LogP contribution in [0.5, 0.6) is 0 Å². The van der Waals surface area contributed by atoms with Crippen LogP contribution in [0.15, 0.2) is 46.9 Å². The fraction of sp³-hybridized carbons (Fsp3) is 0.125. The molecule has 0 bridgehead atoms. The Morgan fingerprint density at radius 3 is 2.39 bits per heavy atom. The monoisotopic (exact) mass is 382 g/mol. The maximum Gasteiger partial charge on any atom is 0.269 e. The molecule has 0 aliphatic carbocycles. The van der Waals surface area contributed by atoms with E-state index in [-0.39, 0.29) is 18.4 Å². The van der Waals surface area contributed by atoms with Crippen molar-refractivity contribution in [1.29, 1.82) is 0 Å². The molecule has 0 aromatic heterocycles. The highest BCUT2D eigenvalue weighted by Gasteiger charge is 2.09. The van der Waals surface area contributed by atoms with E-state index in [4.69, 9.17) is 0 Å². The molecule has 0 aliphatic heterocycles. The van der Waals surface area contributed by atoms with Crippen molar-refractivity contribution in [3.8, 4) is 0 Å². The van der Waals surface area contributed by atoms with Crippen molar-refractivity contribution in [3.05, 3.63) is 69.7 Å². The number of amides is 2. The van der Waals surface area contributed by atoms with E-state index in [1.165, 1.54) is 0 Å². The summed E-state index contributed by atoms with van der Waals surface area (Å²) >= 11 is 3.25. The molecular formula is C16H13BrF2N2O2. The largest absolute Gasteiger partial charge is 0.273 e. The molecule has 0 heterocycles. The number of carbonyl (C=O) groups excluding carboxylic acids is 2. The van der Waals surface area contributed by atoms with E-state index in [1.807, 2.05) is 0 Å². The maximum atomic E-state index is 13.4. The minimum absolute atomic E-state index is 0.0313. The summed E-state index contributed by atoms with van der Waals surface area (Å²) in [4.78, 5) is 23.4. The Kier molecular flexibility index (Phi) is 5.81. The van der Waals surface area contributed by atoms with Crippen molar-refractivity contribution in [2.75, 3.05) is 0 Å². The van der Waals surface area contributed by atoms with E-state index < -0.39 is 23.4 Å². The molecule has 2 amide bonds. The maximum absolute atomic E-state index is 13.4. The summed E-state index contributed by atoms with van der Waals surface area (Å²) in [6.45, 7) is 0. The highest BCUT2D eigenvalue weighted by molar-refractivity contribution is 9.10. The van der Waals surface area contributed by atoms with Crippen LogP contribution < -0.4 is 10.9 Å². The van der Waals surface area contributed by atoms with Crippen LogP contribution in [0, 0.1) is 11.6 Å². The zero-order valence-corrected chi connectivity index (χ0v) is 13.5. The number of aryl methyl sites for hydroxylation is 1. The summed E-state index contributed by atoms with van der Waals surface area (Å²) in [7, 11) is 0. The Morgan fingerprint density at radius 2 is 1.70 bits per heavy atom. The lowest BCUT2D eigenvalue weighted by molar-refractivity contribution is -0.121. The molecule has 0 unspecified atom stereocenters. The van der Waals surface area contributed by atoms with Gasteiger partial charge in [0, 0.05) is 16.5 Å². The summed E-state index contributed by atoms with van der Waals surface area (Å²) in [5.74, 6) is -2.11. The van der Waals surface area contributed by atoms with Crippen LogP contribution >= 0.6 is 15.9 Å². The van der Waals surface area contributed by atoms with Gasteiger partial charge in [-0.05, 0) is 54.4 Å². The van der Waals surface area contributed by atoms with Crippen molar-refractivity contribution < 1.29 is 18.4 Å². The zero-order chi connectivity index (χ0) is 16.8. The first-order valence-electron chi connectivity index (χ1n) is 6.74. The van der Waals surface area contributed by atoms with E-state index in [0.717, 1.165) is 22.7 Å². The second-order valence-electron chi connectivity index (χ2n) is 4.74. The molecule has 120 valence electrons. The average molecular weight is 383 g/mol. The Hall–Kier alpha value is -2.28. The van der Waals surface area contributed by atoms with Crippen LogP contribution in [-0.4, -0.2) is 11.8 Å².